The van der Waals surface area contributed by atoms with Crippen LogP contribution in [-0.4, -0.2) is 0 Å². The Labute approximate surface area is 123 Å². The molecule has 0 aliphatic rings. The van der Waals surface area contributed by atoms with Crippen molar-refractivity contribution in [2.45, 2.75) is 13.8 Å². The van der Waals surface area contributed by atoms with Crippen LogP contribution in [0.5, 0.6) is 0 Å². The van der Waals surface area contributed by atoms with Crippen molar-refractivity contribution >= 4 is 23.1 Å². The monoisotopic (exact) mass is 276 g/mol. The summed E-state index contributed by atoms with van der Waals surface area (Å²) in [7, 11) is 0. The van der Waals surface area contributed by atoms with E-state index in [0.717, 1.165) is 16.7 Å². The van der Waals surface area contributed by atoms with Crippen LogP contribution >= 0.6 is 0 Å². The van der Waals surface area contributed by atoms with Crippen molar-refractivity contribution in [3.05, 3.63) is 81.2 Å². The third kappa shape index (κ3) is 2.79. The maximum absolute atomic E-state index is 12.2. The number of hydrogen-bond donors (Lipinski definition) is 0. The lowest BCUT2D eigenvalue weighted by atomic mass is 10.1. The molecule has 0 saturated carbocycles. The summed E-state index contributed by atoms with van der Waals surface area (Å²) in [5.41, 5.74) is 3.79. The van der Waals surface area contributed by atoms with Gasteiger partial charge in [0.1, 0.15) is 11.3 Å². The van der Waals surface area contributed by atoms with Gasteiger partial charge in [0.25, 0.3) is 0 Å². The second-order valence-electron chi connectivity index (χ2n) is 5.22. The van der Waals surface area contributed by atoms with E-state index >= 15 is 0 Å². The van der Waals surface area contributed by atoms with Crippen LogP contribution in [0.2, 0.25) is 0 Å². The highest BCUT2D eigenvalue weighted by Gasteiger charge is 2.06. The number of benzene rings is 2. The molecule has 1 heterocycles. The highest BCUT2D eigenvalue weighted by molar-refractivity contribution is 5.81. The third-order valence-electron chi connectivity index (χ3n) is 3.42. The van der Waals surface area contributed by atoms with Crippen LogP contribution in [0, 0.1) is 13.8 Å². The summed E-state index contributed by atoms with van der Waals surface area (Å²) in [5, 5.41) is 0.643. The van der Waals surface area contributed by atoms with Crippen LogP contribution < -0.4 is 5.43 Å². The minimum Gasteiger partial charge on any atom is -0.456 e. The smallest absolute Gasteiger partial charge is 0.193 e. The molecule has 0 spiro atoms. The van der Waals surface area contributed by atoms with Gasteiger partial charge in [-0.15, -0.1) is 0 Å². The molecule has 3 rings (SSSR count). The van der Waals surface area contributed by atoms with Crippen LogP contribution in [-0.2, 0) is 0 Å². The van der Waals surface area contributed by atoms with E-state index in [0.29, 0.717) is 16.7 Å². The Morgan fingerprint density at radius 1 is 0.952 bits per heavy atom. The van der Waals surface area contributed by atoms with Gasteiger partial charge in [-0.05, 0) is 42.7 Å². The van der Waals surface area contributed by atoms with Gasteiger partial charge in [0.2, 0.25) is 0 Å². The fraction of sp³-hybridized carbons (Fsp3) is 0.105. The fourth-order valence-electron chi connectivity index (χ4n) is 2.45. The number of aryl methyl sites for hydroxylation is 2. The molecule has 104 valence electrons. The van der Waals surface area contributed by atoms with Crippen molar-refractivity contribution in [2.75, 3.05) is 0 Å². The minimum atomic E-state index is -0.00392. The molecule has 0 amide bonds. The standard InChI is InChI=1S/C19H16O2/c1-13-10-14(2)19-17(11-13)18(20)12-16(21-19)9-8-15-6-4-3-5-7-15/h3-12H,1-2H3. The lowest BCUT2D eigenvalue weighted by Gasteiger charge is -2.04. The molecule has 0 aliphatic heterocycles. The topological polar surface area (TPSA) is 30.2 Å². The quantitative estimate of drug-likeness (QED) is 0.685. The Kier molecular flexibility index (Phi) is 3.44. The summed E-state index contributed by atoms with van der Waals surface area (Å²) >= 11 is 0. The van der Waals surface area contributed by atoms with E-state index in [4.69, 9.17) is 4.42 Å². The van der Waals surface area contributed by atoms with E-state index in [-0.39, 0.29) is 5.43 Å². The van der Waals surface area contributed by atoms with Crippen LogP contribution in [0.4, 0.5) is 0 Å². The van der Waals surface area contributed by atoms with E-state index in [1.807, 2.05) is 68.5 Å². The summed E-state index contributed by atoms with van der Waals surface area (Å²) in [6.45, 7) is 3.94. The molecule has 0 radical (unpaired) electrons. The zero-order valence-corrected chi connectivity index (χ0v) is 12.1. The summed E-state index contributed by atoms with van der Waals surface area (Å²) in [5.74, 6) is 0.573. The highest BCUT2D eigenvalue weighted by atomic mass is 16.3. The number of hydrogen-bond acceptors (Lipinski definition) is 2. The van der Waals surface area contributed by atoms with Crippen LogP contribution in [0.25, 0.3) is 23.1 Å². The van der Waals surface area contributed by atoms with E-state index in [9.17, 15) is 4.79 Å². The molecule has 0 N–H and O–H groups in total. The van der Waals surface area contributed by atoms with Gasteiger partial charge in [-0.3, -0.25) is 4.79 Å². The Hall–Kier alpha value is -2.61. The predicted octanol–water partition coefficient (Wildman–Crippen LogP) is 4.58. The van der Waals surface area contributed by atoms with Gasteiger partial charge in [-0.1, -0.05) is 42.5 Å². The summed E-state index contributed by atoms with van der Waals surface area (Å²) in [6.07, 6.45) is 3.77. The van der Waals surface area contributed by atoms with E-state index < -0.39 is 0 Å². The number of rotatable bonds is 2. The second-order valence-corrected chi connectivity index (χ2v) is 5.22. The van der Waals surface area contributed by atoms with Gasteiger partial charge in [0, 0.05) is 6.07 Å². The molecule has 2 aromatic carbocycles. The first-order valence-electron chi connectivity index (χ1n) is 6.92. The fourth-order valence-corrected chi connectivity index (χ4v) is 2.45. The third-order valence-corrected chi connectivity index (χ3v) is 3.42. The normalized spacial score (nSPS) is 11.3. The van der Waals surface area contributed by atoms with Gasteiger partial charge in [0.05, 0.1) is 5.39 Å². The first-order valence-corrected chi connectivity index (χ1v) is 6.92. The van der Waals surface area contributed by atoms with Crippen molar-refractivity contribution in [3.8, 4) is 0 Å². The van der Waals surface area contributed by atoms with Crippen molar-refractivity contribution in [1.29, 1.82) is 0 Å². The van der Waals surface area contributed by atoms with Gasteiger partial charge >= 0.3 is 0 Å². The lowest BCUT2D eigenvalue weighted by Crippen LogP contribution is -2.01. The summed E-state index contributed by atoms with van der Waals surface area (Å²) in [4.78, 5) is 12.2. The molecule has 2 nitrogen and oxygen atoms in total. The molecular weight excluding hydrogens is 260 g/mol. The zero-order chi connectivity index (χ0) is 14.8. The van der Waals surface area contributed by atoms with Crippen molar-refractivity contribution in [2.24, 2.45) is 0 Å². The van der Waals surface area contributed by atoms with Gasteiger partial charge < -0.3 is 4.42 Å². The Morgan fingerprint density at radius 3 is 2.48 bits per heavy atom. The Morgan fingerprint density at radius 2 is 1.71 bits per heavy atom. The molecule has 0 atom stereocenters. The van der Waals surface area contributed by atoms with Crippen molar-refractivity contribution in [1.82, 2.24) is 0 Å². The average Bonchev–Trinajstić information content (AvgIpc) is 2.47. The Bertz CT molecular complexity index is 871. The van der Waals surface area contributed by atoms with Gasteiger partial charge in [-0.25, -0.2) is 0 Å². The van der Waals surface area contributed by atoms with Gasteiger partial charge in [0.15, 0.2) is 5.43 Å². The van der Waals surface area contributed by atoms with Crippen LogP contribution in [0.1, 0.15) is 22.5 Å². The first kappa shape index (κ1) is 13.4. The summed E-state index contributed by atoms with van der Waals surface area (Å²) in [6, 6.07) is 15.4. The molecule has 0 aliphatic carbocycles. The highest BCUT2D eigenvalue weighted by Crippen LogP contribution is 2.20. The van der Waals surface area contributed by atoms with Crippen molar-refractivity contribution in [3.63, 3.8) is 0 Å². The molecule has 0 saturated heterocycles. The minimum absolute atomic E-state index is 0.00392. The molecule has 0 fully saturated rings. The summed E-state index contributed by atoms with van der Waals surface area (Å²) < 4.78 is 5.86. The van der Waals surface area contributed by atoms with Crippen LogP contribution in [0.15, 0.2) is 57.7 Å². The molecule has 21 heavy (non-hydrogen) atoms. The van der Waals surface area contributed by atoms with E-state index in [2.05, 4.69) is 0 Å². The predicted molar refractivity (Wildman–Crippen MR) is 87.3 cm³/mol. The molecular formula is C19H16O2. The lowest BCUT2D eigenvalue weighted by molar-refractivity contribution is 0.588. The number of fused-ring (bicyclic) bond motifs is 1. The first-order chi connectivity index (χ1) is 10.1. The van der Waals surface area contributed by atoms with Gasteiger partial charge in [-0.2, -0.15) is 0 Å². The maximum Gasteiger partial charge on any atom is 0.193 e. The Balaban J connectivity index is 2.09. The zero-order valence-electron chi connectivity index (χ0n) is 12.1. The molecule has 3 aromatic rings. The second kappa shape index (κ2) is 5.41. The molecule has 1 aromatic heterocycles. The van der Waals surface area contributed by atoms with E-state index in [1.54, 1.807) is 6.07 Å². The average molecular weight is 276 g/mol. The van der Waals surface area contributed by atoms with E-state index in [1.165, 1.54) is 0 Å². The SMILES string of the molecule is Cc1cc(C)c2oc(C=Cc3ccccc3)cc(=O)c2c1. The largest absolute Gasteiger partial charge is 0.456 e. The van der Waals surface area contributed by atoms with Crippen LogP contribution in [0.3, 0.4) is 0 Å². The van der Waals surface area contributed by atoms with Crippen molar-refractivity contribution < 1.29 is 4.42 Å². The maximum atomic E-state index is 12.2. The molecule has 0 bridgehead atoms. The molecule has 2 heteroatoms. The molecule has 0 unspecified atom stereocenters.